The highest BCUT2D eigenvalue weighted by molar-refractivity contribution is 5.92. The number of carbonyl (C=O) groups is 1. The van der Waals surface area contributed by atoms with Gasteiger partial charge in [0.25, 0.3) is 0 Å². The van der Waals surface area contributed by atoms with Crippen LogP contribution >= 0.6 is 24.8 Å². The lowest BCUT2D eigenvalue weighted by Gasteiger charge is -1.93. The van der Waals surface area contributed by atoms with Gasteiger partial charge in [0.05, 0.1) is 0 Å². The Hall–Kier alpha value is -0.800. The molecule has 0 amide bonds. The van der Waals surface area contributed by atoms with Crippen molar-refractivity contribution in [3.63, 3.8) is 0 Å². The Morgan fingerprint density at radius 3 is 2.33 bits per heavy atom. The molecular formula is C7H10Cl2N2O. The molecule has 12 heavy (non-hydrogen) atoms. The number of nitrogens with two attached hydrogens (primary N) is 1. The van der Waals surface area contributed by atoms with Gasteiger partial charge in [-0.25, -0.2) is 4.98 Å². The SMILES string of the molecule is CC(=O)c1cccc(N)n1.Cl.Cl. The lowest BCUT2D eigenvalue weighted by atomic mass is 10.3. The summed E-state index contributed by atoms with van der Waals surface area (Å²) in [6.07, 6.45) is 0. The van der Waals surface area contributed by atoms with Crippen LogP contribution < -0.4 is 5.73 Å². The summed E-state index contributed by atoms with van der Waals surface area (Å²) in [4.78, 5) is 14.5. The second kappa shape index (κ2) is 5.80. The van der Waals surface area contributed by atoms with E-state index < -0.39 is 0 Å². The van der Waals surface area contributed by atoms with Gasteiger partial charge >= 0.3 is 0 Å². The first-order valence-corrected chi connectivity index (χ1v) is 2.93. The van der Waals surface area contributed by atoms with Crippen LogP contribution in [0.1, 0.15) is 17.4 Å². The van der Waals surface area contributed by atoms with E-state index in [9.17, 15) is 4.79 Å². The van der Waals surface area contributed by atoms with Crippen molar-refractivity contribution in [2.45, 2.75) is 6.92 Å². The van der Waals surface area contributed by atoms with E-state index in [-0.39, 0.29) is 30.6 Å². The fourth-order valence-corrected chi connectivity index (χ4v) is 0.648. The third-order valence-electron chi connectivity index (χ3n) is 1.13. The number of nitrogen functional groups attached to an aromatic ring is 1. The van der Waals surface area contributed by atoms with Gasteiger partial charge < -0.3 is 5.73 Å². The van der Waals surface area contributed by atoms with Crippen LogP contribution in [0.5, 0.6) is 0 Å². The van der Waals surface area contributed by atoms with Crippen LogP contribution in [0, 0.1) is 0 Å². The van der Waals surface area contributed by atoms with Crippen molar-refractivity contribution in [3.05, 3.63) is 23.9 Å². The van der Waals surface area contributed by atoms with Crippen LogP contribution in [-0.2, 0) is 0 Å². The summed E-state index contributed by atoms with van der Waals surface area (Å²) < 4.78 is 0. The van der Waals surface area contributed by atoms with E-state index in [0.717, 1.165) is 0 Å². The summed E-state index contributed by atoms with van der Waals surface area (Å²) in [6, 6.07) is 4.99. The Labute approximate surface area is 83.2 Å². The van der Waals surface area contributed by atoms with Crippen molar-refractivity contribution >= 4 is 36.4 Å². The second-order valence-corrected chi connectivity index (χ2v) is 2.00. The largest absolute Gasteiger partial charge is 0.384 e. The van der Waals surface area contributed by atoms with Gasteiger partial charge in [-0.05, 0) is 12.1 Å². The maximum Gasteiger partial charge on any atom is 0.178 e. The number of rotatable bonds is 1. The van der Waals surface area contributed by atoms with Gasteiger partial charge in [0.2, 0.25) is 0 Å². The lowest BCUT2D eigenvalue weighted by Crippen LogP contribution is -1.98. The molecule has 0 saturated heterocycles. The monoisotopic (exact) mass is 208 g/mol. The fourth-order valence-electron chi connectivity index (χ4n) is 0.648. The van der Waals surface area contributed by atoms with Crippen LogP contribution in [0.4, 0.5) is 5.82 Å². The first kappa shape index (κ1) is 13.8. The highest BCUT2D eigenvalue weighted by Gasteiger charge is 1.98. The summed E-state index contributed by atoms with van der Waals surface area (Å²) in [6.45, 7) is 1.46. The summed E-state index contributed by atoms with van der Waals surface area (Å²) in [5.74, 6) is 0.319. The zero-order valence-corrected chi connectivity index (χ0v) is 8.11. The van der Waals surface area contributed by atoms with Crippen molar-refractivity contribution < 1.29 is 4.79 Å². The third kappa shape index (κ3) is 3.55. The Bertz CT molecular complexity index is 265. The zero-order valence-electron chi connectivity index (χ0n) is 6.48. The van der Waals surface area contributed by atoms with Gasteiger partial charge in [0.15, 0.2) is 5.78 Å². The average molecular weight is 209 g/mol. The van der Waals surface area contributed by atoms with E-state index in [1.807, 2.05) is 0 Å². The summed E-state index contributed by atoms with van der Waals surface area (Å²) in [5, 5.41) is 0. The number of nitrogens with zero attached hydrogens (tertiary/aromatic N) is 1. The van der Waals surface area contributed by atoms with Crippen molar-refractivity contribution in [2.75, 3.05) is 5.73 Å². The molecule has 0 spiro atoms. The Morgan fingerprint density at radius 1 is 1.42 bits per heavy atom. The number of halogens is 2. The van der Waals surface area contributed by atoms with Gasteiger partial charge in [0, 0.05) is 6.92 Å². The van der Waals surface area contributed by atoms with Crippen LogP contribution in [-0.4, -0.2) is 10.8 Å². The van der Waals surface area contributed by atoms with Gasteiger partial charge in [-0.2, -0.15) is 0 Å². The zero-order chi connectivity index (χ0) is 7.56. The van der Waals surface area contributed by atoms with Crippen molar-refractivity contribution in [2.24, 2.45) is 0 Å². The first-order chi connectivity index (χ1) is 4.70. The molecule has 0 aliphatic rings. The molecule has 1 rings (SSSR count). The lowest BCUT2D eigenvalue weighted by molar-refractivity contribution is 0.101. The highest BCUT2D eigenvalue weighted by Crippen LogP contribution is 1.99. The maximum atomic E-state index is 10.7. The molecule has 2 N–H and O–H groups in total. The molecule has 0 unspecified atom stereocenters. The Balaban J connectivity index is 0. The van der Waals surface area contributed by atoms with Crippen molar-refractivity contribution in [1.29, 1.82) is 0 Å². The van der Waals surface area contributed by atoms with E-state index in [0.29, 0.717) is 11.5 Å². The molecule has 0 fully saturated rings. The van der Waals surface area contributed by atoms with Gasteiger partial charge in [-0.15, -0.1) is 24.8 Å². The molecule has 3 nitrogen and oxygen atoms in total. The van der Waals surface area contributed by atoms with Crippen molar-refractivity contribution in [3.8, 4) is 0 Å². The Morgan fingerprint density at radius 2 is 2.00 bits per heavy atom. The van der Waals surface area contributed by atoms with E-state index in [1.165, 1.54) is 6.92 Å². The molecule has 1 aromatic rings. The molecule has 68 valence electrons. The minimum absolute atomic E-state index is 0. The molecular weight excluding hydrogens is 199 g/mol. The number of anilines is 1. The van der Waals surface area contributed by atoms with Gasteiger partial charge in [0.1, 0.15) is 11.5 Å². The average Bonchev–Trinajstić information content (AvgIpc) is 1.88. The second-order valence-electron chi connectivity index (χ2n) is 2.00. The predicted molar refractivity (Wildman–Crippen MR) is 53.1 cm³/mol. The van der Waals surface area contributed by atoms with Gasteiger partial charge in [-0.1, -0.05) is 6.07 Å². The minimum atomic E-state index is -0.0627. The molecule has 1 heterocycles. The molecule has 1 aromatic heterocycles. The molecule has 5 heteroatoms. The molecule has 0 radical (unpaired) electrons. The molecule has 0 aliphatic heterocycles. The first-order valence-electron chi connectivity index (χ1n) is 2.93. The number of carbonyl (C=O) groups excluding carboxylic acids is 1. The molecule has 0 bridgehead atoms. The highest BCUT2D eigenvalue weighted by atomic mass is 35.5. The van der Waals surface area contributed by atoms with Crippen molar-refractivity contribution in [1.82, 2.24) is 4.98 Å². The summed E-state index contributed by atoms with van der Waals surface area (Å²) >= 11 is 0. The molecule has 0 aliphatic carbocycles. The van der Waals surface area contributed by atoms with Crippen LogP contribution in [0.15, 0.2) is 18.2 Å². The maximum absolute atomic E-state index is 10.7. The standard InChI is InChI=1S/C7H8N2O.2ClH/c1-5(10)6-3-2-4-7(8)9-6;;/h2-4H,1H3,(H2,8,9);2*1H. The third-order valence-corrected chi connectivity index (χ3v) is 1.13. The predicted octanol–water partition coefficient (Wildman–Crippen LogP) is 1.71. The molecule has 0 atom stereocenters. The number of hydrogen-bond acceptors (Lipinski definition) is 3. The Kier molecular flexibility index (Phi) is 6.65. The summed E-state index contributed by atoms with van der Waals surface area (Å²) in [7, 11) is 0. The number of hydrogen-bond donors (Lipinski definition) is 1. The van der Waals surface area contributed by atoms with E-state index in [4.69, 9.17) is 5.73 Å². The quantitative estimate of drug-likeness (QED) is 0.716. The molecule has 0 saturated carbocycles. The number of pyridine rings is 1. The van der Waals surface area contributed by atoms with E-state index in [2.05, 4.69) is 4.98 Å². The van der Waals surface area contributed by atoms with Gasteiger partial charge in [-0.3, -0.25) is 4.79 Å². The van der Waals surface area contributed by atoms with Crippen LogP contribution in [0.3, 0.4) is 0 Å². The van der Waals surface area contributed by atoms with E-state index in [1.54, 1.807) is 18.2 Å². The number of ketones is 1. The van der Waals surface area contributed by atoms with Crippen LogP contribution in [0.2, 0.25) is 0 Å². The smallest absolute Gasteiger partial charge is 0.178 e. The fraction of sp³-hybridized carbons (Fsp3) is 0.143. The van der Waals surface area contributed by atoms with E-state index >= 15 is 0 Å². The minimum Gasteiger partial charge on any atom is -0.384 e. The summed E-state index contributed by atoms with van der Waals surface area (Å²) in [5.41, 5.74) is 5.75. The molecule has 0 aromatic carbocycles. The number of Topliss-reactive ketones (excluding diaryl/α,β-unsaturated/α-hetero) is 1. The topological polar surface area (TPSA) is 56.0 Å². The number of aromatic nitrogens is 1. The normalized spacial score (nSPS) is 7.75. The van der Waals surface area contributed by atoms with Crippen LogP contribution in [0.25, 0.3) is 0 Å².